The number of hydrogen-bond donors (Lipinski definition) is 0. The summed E-state index contributed by atoms with van der Waals surface area (Å²) in [6, 6.07) is 27.0. The van der Waals surface area contributed by atoms with Crippen molar-refractivity contribution in [2.75, 3.05) is 0 Å². The molecule has 1 unspecified atom stereocenters. The first-order valence-electron chi connectivity index (χ1n) is 9.53. The number of fused-ring (bicyclic) bond motifs is 7. The molecule has 3 aliphatic rings. The maximum Gasteiger partial charge on any atom is 0.276 e. The Morgan fingerprint density at radius 3 is 2.25 bits per heavy atom. The highest BCUT2D eigenvalue weighted by molar-refractivity contribution is 6.16. The van der Waals surface area contributed by atoms with Gasteiger partial charge in [-0.15, -0.1) is 0 Å². The lowest BCUT2D eigenvalue weighted by Crippen LogP contribution is -2.06. The van der Waals surface area contributed by atoms with Gasteiger partial charge < -0.3 is 0 Å². The van der Waals surface area contributed by atoms with Gasteiger partial charge in [0.15, 0.2) is 11.5 Å². The average molecular weight is 356 g/mol. The summed E-state index contributed by atoms with van der Waals surface area (Å²) < 4.78 is 0. The topological polar surface area (TPSA) is 17.1 Å². The average Bonchev–Trinajstić information content (AvgIpc) is 3.22. The number of ketones is 1. The van der Waals surface area contributed by atoms with E-state index >= 15 is 0 Å². The van der Waals surface area contributed by atoms with Crippen LogP contribution in [0.2, 0.25) is 0 Å². The minimum Gasteiger partial charge on any atom is -0.270 e. The van der Waals surface area contributed by atoms with Crippen LogP contribution in [-0.4, -0.2) is 5.78 Å². The minimum atomic E-state index is -0.176. The number of benzene rings is 3. The molecular weight excluding hydrogens is 340 g/mol. The molecule has 28 heavy (non-hydrogen) atoms. The van der Waals surface area contributed by atoms with Gasteiger partial charge in [-0.2, -0.15) is 0 Å². The molecule has 0 aromatic heterocycles. The summed E-state index contributed by atoms with van der Waals surface area (Å²) in [6.45, 7) is 0. The van der Waals surface area contributed by atoms with Crippen LogP contribution in [0.15, 0.2) is 102 Å². The highest BCUT2D eigenvalue weighted by Gasteiger charge is 2.64. The van der Waals surface area contributed by atoms with Gasteiger partial charge in [-0.3, -0.25) is 4.79 Å². The molecule has 0 saturated carbocycles. The Morgan fingerprint density at radius 2 is 1.50 bits per heavy atom. The monoisotopic (exact) mass is 356 g/mol. The second-order valence-corrected chi connectivity index (χ2v) is 7.43. The quantitative estimate of drug-likeness (QED) is 0.538. The zero-order valence-corrected chi connectivity index (χ0v) is 15.1. The van der Waals surface area contributed by atoms with E-state index in [2.05, 4.69) is 54.6 Å². The van der Waals surface area contributed by atoms with Crippen LogP contribution in [-0.2, 0) is 4.79 Å². The molecule has 2 bridgehead atoms. The lowest BCUT2D eigenvalue weighted by molar-refractivity contribution is -0.116. The van der Waals surface area contributed by atoms with Crippen molar-refractivity contribution in [2.45, 2.75) is 5.92 Å². The van der Waals surface area contributed by atoms with Crippen LogP contribution in [0.5, 0.6) is 0 Å². The normalized spacial score (nSPS) is 18.7. The third-order valence-corrected chi connectivity index (χ3v) is 5.89. The highest BCUT2D eigenvalue weighted by Crippen LogP contribution is 2.55. The molecule has 0 heterocycles. The predicted molar refractivity (Wildman–Crippen MR) is 111 cm³/mol. The molecule has 0 amide bonds. The fourth-order valence-electron chi connectivity index (χ4n) is 4.58. The number of carbonyl (C=O) groups excluding carboxylic acids is 1. The fourth-order valence-corrected chi connectivity index (χ4v) is 4.58. The first kappa shape index (κ1) is 15.4. The number of allylic oxidation sites excluding steroid dienone is 6. The van der Waals surface area contributed by atoms with Gasteiger partial charge in [0.2, 0.25) is 11.5 Å². The molecule has 3 aromatic rings. The summed E-state index contributed by atoms with van der Waals surface area (Å²) in [4.78, 5) is 13.1. The van der Waals surface area contributed by atoms with Crippen LogP contribution in [0.3, 0.4) is 0 Å². The molecule has 0 spiro atoms. The fraction of sp³-hybridized carbons (Fsp3) is 0.0370. The van der Waals surface area contributed by atoms with Crippen molar-refractivity contribution in [3.8, 4) is 11.1 Å². The lowest BCUT2D eigenvalue weighted by Gasteiger charge is -2.09. The zero-order valence-electron chi connectivity index (χ0n) is 15.1. The van der Waals surface area contributed by atoms with Gasteiger partial charge in [-0.1, -0.05) is 60.7 Å². The van der Waals surface area contributed by atoms with Crippen LogP contribution >= 0.6 is 0 Å². The van der Waals surface area contributed by atoms with E-state index in [1.165, 1.54) is 5.56 Å². The third kappa shape index (κ3) is 2.05. The Hall–Kier alpha value is -3.67. The van der Waals surface area contributed by atoms with Crippen LogP contribution < -0.4 is 0 Å². The van der Waals surface area contributed by atoms with Gasteiger partial charge in [0.25, 0.3) is 5.78 Å². The van der Waals surface area contributed by atoms with Crippen molar-refractivity contribution >= 4 is 11.4 Å². The Balaban J connectivity index is 1.45. The highest BCUT2D eigenvalue weighted by atomic mass is 16.1. The van der Waals surface area contributed by atoms with Crippen molar-refractivity contribution < 1.29 is 4.79 Å². The summed E-state index contributed by atoms with van der Waals surface area (Å²) >= 11 is 0. The maximum atomic E-state index is 13.1. The van der Waals surface area contributed by atoms with Crippen molar-refractivity contribution in [2.24, 2.45) is 0 Å². The van der Waals surface area contributed by atoms with Crippen molar-refractivity contribution in [1.82, 2.24) is 0 Å². The minimum absolute atomic E-state index is 0.176. The molecule has 3 aromatic carbocycles. The smallest absolute Gasteiger partial charge is 0.270 e. The van der Waals surface area contributed by atoms with Crippen LogP contribution in [0.1, 0.15) is 22.6 Å². The number of rotatable bonds is 2. The van der Waals surface area contributed by atoms with Gasteiger partial charge in [-0.05, 0) is 17.2 Å². The molecule has 1 atom stereocenters. The standard InChI is InChI=1S/C27H16O/c28-27-25-22-14-12-20(18-9-5-2-6-10-18)16-24(22)26(27)21-13-11-19(15-23(21)25)17-7-3-1-4-8-17/h1-13,15-16,26H/q+2. The van der Waals surface area contributed by atoms with Crippen LogP contribution in [0.4, 0.5) is 0 Å². The van der Waals surface area contributed by atoms with E-state index in [4.69, 9.17) is 0 Å². The summed E-state index contributed by atoms with van der Waals surface area (Å²) in [5.41, 5.74) is 8.87. The Labute approximate surface area is 164 Å². The molecule has 0 aliphatic heterocycles. The van der Waals surface area contributed by atoms with Crippen LogP contribution in [0, 0.1) is 12.0 Å². The number of carbonyl (C=O) groups is 1. The van der Waals surface area contributed by atoms with E-state index in [0.717, 1.165) is 44.9 Å². The summed E-state index contributed by atoms with van der Waals surface area (Å²) in [7, 11) is 0. The molecule has 0 saturated heterocycles. The first-order chi connectivity index (χ1) is 13.8. The van der Waals surface area contributed by atoms with Gasteiger partial charge in [-0.25, -0.2) is 0 Å². The molecule has 6 rings (SSSR count). The largest absolute Gasteiger partial charge is 0.276 e. The molecular formula is C27H16O+2. The van der Waals surface area contributed by atoms with E-state index in [1.54, 1.807) is 0 Å². The van der Waals surface area contributed by atoms with Crippen molar-refractivity contribution in [3.05, 3.63) is 131 Å². The Kier molecular flexibility index (Phi) is 3.11. The second kappa shape index (κ2) is 5.66. The van der Waals surface area contributed by atoms with Crippen molar-refractivity contribution in [1.29, 1.82) is 0 Å². The summed E-state index contributed by atoms with van der Waals surface area (Å²) in [5, 5.41) is 0. The molecule has 1 nitrogen and oxygen atoms in total. The first-order valence-corrected chi connectivity index (χ1v) is 9.53. The molecule has 3 aliphatic carbocycles. The van der Waals surface area contributed by atoms with E-state index in [9.17, 15) is 4.79 Å². The lowest BCUT2D eigenvalue weighted by atomic mass is 9.81. The molecule has 0 fully saturated rings. The van der Waals surface area contributed by atoms with Gasteiger partial charge in [0.1, 0.15) is 11.1 Å². The number of Topliss-reactive ketones (excluding diaryl/α,β-unsaturated/α-hetero) is 1. The summed E-state index contributed by atoms with van der Waals surface area (Å²) in [6.07, 6.45) is 7.60. The Bertz CT molecular complexity index is 1210. The Morgan fingerprint density at radius 1 is 0.786 bits per heavy atom. The van der Waals surface area contributed by atoms with Crippen molar-refractivity contribution in [3.63, 3.8) is 0 Å². The van der Waals surface area contributed by atoms with E-state index < -0.39 is 0 Å². The second-order valence-electron chi connectivity index (χ2n) is 7.43. The molecule has 0 radical (unpaired) electrons. The zero-order chi connectivity index (χ0) is 18.7. The maximum absolute atomic E-state index is 13.1. The summed E-state index contributed by atoms with van der Waals surface area (Å²) in [5.74, 6) is 0.883. The third-order valence-electron chi connectivity index (χ3n) is 5.89. The number of hydrogen-bond acceptors (Lipinski definition) is 1. The molecule has 1 heteroatoms. The van der Waals surface area contributed by atoms with Crippen LogP contribution in [0.25, 0.3) is 16.7 Å². The van der Waals surface area contributed by atoms with Gasteiger partial charge in [0, 0.05) is 17.7 Å². The molecule has 128 valence electrons. The van der Waals surface area contributed by atoms with E-state index in [1.807, 2.05) is 42.5 Å². The van der Waals surface area contributed by atoms with Gasteiger partial charge >= 0.3 is 0 Å². The van der Waals surface area contributed by atoms with Gasteiger partial charge in [0.05, 0.1) is 23.8 Å². The predicted octanol–water partition coefficient (Wildman–Crippen LogP) is 5.71. The van der Waals surface area contributed by atoms with E-state index in [0.29, 0.717) is 0 Å². The SMILES string of the molecule is O=C1[C+]2C3=C(C=C(c4ccccc4)C=[C+]3)C1c1ccc(-c3ccccc3)cc12. The molecule has 0 N–H and O–H groups in total. The van der Waals surface area contributed by atoms with E-state index in [-0.39, 0.29) is 11.7 Å².